The summed E-state index contributed by atoms with van der Waals surface area (Å²) >= 11 is 0. The molecule has 0 aliphatic rings. The largest absolute Gasteiger partial charge is 1.00 e. The van der Waals surface area contributed by atoms with E-state index in [4.69, 9.17) is 4.74 Å². The first-order valence-corrected chi connectivity index (χ1v) is 12.9. The predicted molar refractivity (Wildman–Crippen MR) is 122 cm³/mol. The molecule has 7 heteroatoms. The summed E-state index contributed by atoms with van der Waals surface area (Å²) in [6.07, 6.45) is 14.0. The van der Waals surface area contributed by atoms with Crippen molar-refractivity contribution < 1.29 is 52.4 Å². The summed E-state index contributed by atoms with van der Waals surface area (Å²) in [4.78, 5) is -0.496. The standard InChI is InChI=1S/C25H36O5S.Na/c1-2-3-4-5-6-7-8-9-10-11-13-16-21-19-20-23(31(27,28)29)25(24(21)26)30-22-17-14-12-15-18-22;/h12,14-15,17-20,26H,2-11,13,16H2,1H3,(H,27,28,29);/q;+1/p-1. The summed E-state index contributed by atoms with van der Waals surface area (Å²) in [5.41, 5.74) is 0.509. The van der Waals surface area contributed by atoms with Gasteiger partial charge in [0.1, 0.15) is 16.4 Å². The van der Waals surface area contributed by atoms with E-state index in [0.717, 1.165) is 19.3 Å². The van der Waals surface area contributed by atoms with Crippen molar-refractivity contribution in [2.45, 2.75) is 88.9 Å². The molecule has 0 fully saturated rings. The molecule has 0 aliphatic heterocycles. The van der Waals surface area contributed by atoms with Crippen LogP contribution in [0.2, 0.25) is 0 Å². The van der Waals surface area contributed by atoms with Crippen LogP contribution in [0.5, 0.6) is 17.2 Å². The second-order valence-corrected chi connectivity index (χ2v) is 9.45. The molecule has 0 radical (unpaired) electrons. The van der Waals surface area contributed by atoms with E-state index in [-0.39, 0.29) is 35.3 Å². The zero-order valence-corrected chi connectivity index (χ0v) is 22.3. The third kappa shape index (κ3) is 10.3. The number of ether oxygens (including phenoxy) is 1. The van der Waals surface area contributed by atoms with Gasteiger partial charge in [0.25, 0.3) is 10.1 Å². The Bertz CT molecular complexity index is 885. The van der Waals surface area contributed by atoms with Gasteiger partial charge in [0, 0.05) is 0 Å². The number of hydrogen-bond acceptors (Lipinski definition) is 4. The third-order valence-electron chi connectivity index (χ3n) is 5.45. The molecule has 0 unspecified atom stereocenters. The van der Waals surface area contributed by atoms with Crippen LogP contribution in [-0.2, 0) is 16.5 Å². The fourth-order valence-corrected chi connectivity index (χ4v) is 4.28. The first-order valence-electron chi connectivity index (χ1n) is 11.5. The Kier molecular flexibility index (Phi) is 14.2. The third-order valence-corrected chi connectivity index (χ3v) is 6.33. The van der Waals surface area contributed by atoms with Gasteiger partial charge < -0.3 is 9.84 Å². The van der Waals surface area contributed by atoms with Crippen molar-refractivity contribution in [1.82, 2.24) is 0 Å². The molecule has 0 saturated carbocycles. The maximum absolute atomic E-state index is 12.9. The summed E-state index contributed by atoms with van der Waals surface area (Å²) in [6, 6.07) is 11.2. The number of benzene rings is 2. The molecule has 0 atom stereocenters. The first kappa shape index (κ1) is 29.0. The van der Waals surface area contributed by atoms with Gasteiger partial charge in [-0.25, -0.2) is 0 Å². The van der Waals surface area contributed by atoms with Crippen LogP contribution >= 0.6 is 0 Å². The number of aryl methyl sites for hydroxylation is 1. The van der Waals surface area contributed by atoms with Gasteiger partial charge in [-0.3, -0.25) is 4.55 Å². The van der Waals surface area contributed by atoms with Crippen molar-refractivity contribution in [3.05, 3.63) is 48.0 Å². The van der Waals surface area contributed by atoms with Crippen LogP contribution in [0.1, 0.15) is 83.1 Å². The minimum atomic E-state index is -4.56. The molecule has 5 nitrogen and oxygen atoms in total. The quantitative estimate of drug-likeness (QED) is 0.244. The smallest absolute Gasteiger partial charge is 0.870 e. The molecule has 0 amide bonds. The average Bonchev–Trinajstić information content (AvgIpc) is 2.74. The SMILES string of the molecule is CCCCCCCCCCCCCc1ccc(S(=O)(=O)O)c(Oc2ccccc2)c1[O-].[Na+]. The van der Waals surface area contributed by atoms with E-state index in [0.29, 0.717) is 17.7 Å². The van der Waals surface area contributed by atoms with Crippen LogP contribution in [0, 0.1) is 0 Å². The first-order chi connectivity index (χ1) is 14.9. The molecule has 0 aliphatic carbocycles. The van der Waals surface area contributed by atoms with Crippen molar-refractivity contribution in [2.75, 3.05) is 0 Å². The van der Waals surface area contributed by atoms with E-state index < -0.39 is 20.8 Å². The van der Waals surface area contributed by atoms with Crippen molar-refractivity contribution in [2.24, 2.45) is 0 Å². The van der Waals surface area contributed by atoms with Crippen molar-refractivity contribution in [3.63, 3.8) is 0 Å². The van der Waals surface area contributed by atoms with E-state index in [1.807, 2.05) is 0 Å². The zero-order valence-electron chi connectivity index (χ0n) is 19.5. The summed E-state index contributed by atoms with van der Waals surface area (Å²) in [5.74, 6) is -0.475. The fourth-order valence-electron chi connectivity index (χ4n) is 3.67. The van der Waals surface area contributed by atoms with Crippen molar-refractivity contribution in [3.8, 4) is 17.2 Å². The van der Waals surface area contributed by atoms with Gasteiger partial charge in [-0.2, -0.15) is 8.42 Å². The molecule has 2 aromatic rings. The molecule has 2 rings (SSSR count). The number of rotatable bonds is 15. The van der Waals surface area contributed by atoms with Crippen LogP contribution < -0.4 is 39.4 Å². The molecule has 0 saturated heterocycles. The number of hydrogen-bond donors (Lipinski definition) is 1. The van der Waals surface area contributed by atoms with Gasteiger partial charge in [0.15, 0.2) is 0 Å². The summed E-state index contributed by atoms with van der Waals surface area (Å²) in [7, 11) is -4.56. The fraction of sp³-hybridized carbons (Fsp3) is 0.520. The Labute approximate surface area is 215 Å². The van der Waals surface area contributed by atoms with Crippen LogP contribution in [0.15, 0.2) is 47.4 Å². The molecule has 2 aromatic carbocycles. The van der Waals surface area contributed by atoms with Crippen LogP contribution in [-0.4, -0.2) is 13.0 Å². The molecule has 0 aromatic heterocycles. The molecule has 0 heterocycles. The number of unbranched alkanes of at least 4 members (excludes halogenated alkanes) is 10. The Morgan fingerprint density at radius 2 is 1.34 bits per heavy atom. The topological polar surface area (TPSA) is 86.7 Å². The predicted octanol–water partition coefficient (Wildman–Crippen LogP) is 3.66. The van der Waals surface area contributed by atoms with E-state index in [2.05, 4.69) is 6.92 Å². The van der Waals surface area contributed by atoms with Gasteiger partial charge >= 0.3 is 29.6 Å². The van der Waals surface area contributed by atoms with Crippen LogP contribution in [0.4, 0.5) is 0 Å². The maximum atomic E-state index is 12.9. The minimum absolute atomic E-state index is 0. The van der Waals surface area contributed by atoms with Gasteiger partial charge in [-0.15, -0.1) is 0 Å². The zero-order chi connectivity index (χ0) is 22.5. The second kappa shape index (κ2) is 15.7. The molecule has 0 spiro atoms. The minimum Gasteiger partial charge on any atom is -0.870 e. The average molecular weight is 471 g/mol. The molecule has 32 heavy (non-hydrogen) atoms. The van der Waals surface area contributed by atoms with Gasteiger partial charge in [-0.1, -0.05) is 107 Å². The van der Waals surface area contributed by atoms with E-state index >= 15 is 0 Å². The van der Waals surface area contributed by atoms with Crippen LogP contribution in [0.3, 0.4) is 0 Å². The summed E-state index contributed by atoms with van der Waals surface area (Å²) in [6.45, 7) is 2.23. The summed E-state index contributed by atoms with van der Waals surface area (Å²) < 4.78 is 38.5. The Balaban J connectivity index is 0.00000512. The monoisotopic (exact) mass is 470 g/mol. The Morgan fingerprint density at radius 1 is 0.812 bits per heavy atom. The molecular formula is C25H35NaO5S. The Morgan fingerprint density at radius 3 is 1.88 bits per heavy atom. The Hall–Kier alpha value is -1.05. The molecular weight excluding hydrogens is 435 g/mol. The van der Waals surface area contributed by atoms with E-state index in [1.54, 1.807) is 30.3 Å². The summed E-state index contributed by atoms with van der Waals surface area (Å²) in [5, 5.41) is 12.9. The van der Waals surface area contributed by atoms with E-state index in [9.17, 15) is 18.1 Å². The van der Waals surface area contributed by atoms with Gasteiger partial charge in [0.2, 0.25) is 0 Å². The van der Waals surface area contributed by atoms with Crippen molar-refractivity contribution in [1.29, 1.82) is 0 Å². The molecule has 172 valence electrons. The van der Waals surface area contributed by atoms with Crippen LogP contribution in [0.25, 0.3) is 0 Å². The second-order valence-electron chi connectivity index (χ2n) is 8.06. The van der Waals surface area contributed by atoms with Crippen molar-refractivity contribution >= 4 is 10.1 Å². The van der Waals surface area contributed by atoms with E-state index in [1.165, 1.54) is 63.5 Å². The normalized spacial score (nSPS) is 11.2. The maximum Gasteiger partial charge on any atom is 1.00 e. The number of para-hydroxylation sites is 1. The van der Waals surface area contributed by atoms with Gasteiger partial charge in [-0.05, 0) is 31.0 Å². The van der Waals surface area contributed by atoms with Gasteiger partial charge in [0.05, 0.1) is 0 Å². The molecule has 1 N–H and O–H groups in total. The molecule has 0 bridgehead atoms.